The lowest BCUT2D eigenvalue weighted by Gasteiger charge is -2.19. The molecule has 0 aliphatic carbocycles. The number of hydrogen-bond donors (Lipinski definition) is 2. The normalized spacial score (nSPS) is 17.7. The topological polar surface area (TPSA) is 75.4 Å². The smallest absolute Gasteiger partial charge is 0.325 e. The molecule has 0 unspecified atom stereocenters. The Morgan fingerprint density at radius 1 is 1.08 bits per heavy atom. The third-order valence-electron chi connectivity index (χ3n) is 2.12. The molecule has 1 heterocycles. The lowest BCUT2D eigenvalue weighted by molar-refractivity contribution is 0.198. The number of carbonyl (C=O) groups excluding carboxylic acids is 2. The number of amides is 4. The summed E-state index contributed by atoms with van der Waals surface area (Å²) >= 11 is 0. The third kappa shape index (κ3) is 3.31. The van der Waals surface area contributed by atoms with Crippen LogP contribution in [0.5, 0.6) is 0 Å². The van der Waals surface area contributed by atoms with Gasteiger partial charge in [0.2, 0.25) is 0 Å². The van der Waals surface area contributed by atoms with Gasteiger partial charge in [0, 0.05) is 13.1 Å². The van der Waals surface area contributed by atoms with Gasteiger partial charge in [-0.3, -0.25) is 5.32 Å². The Morgan fingerprint density at radius 2 is 1.62 bits per heavy atom. The summed E-state index contributed by atoms with van der Waals surface area (Å²) in [7, 11) is 0. The molecule has 0 aromatic heterocycles. The van der Waals surface area contributed by atoms with Crippen LogP contribution in [0.2, 0.25) is 0 Å². The number of carbonyl (C=O) groups is 2. The van der Waals surface area contributed by atoms with Crippen LogP contribution < -0.4 is 11.1 Å². The average Bonchev–Trinajstić information content (AvgIpc) is 2.29. The van der Waals surface area contributed by atoms with Crippen molar-refractivity contribution in [2.45, 2.75) is 25.7 Å². The first-order valence-electron chi connectivity index (χ1n) is 4.55. The van der Waals surface area contributed by atoms with Crippen molar-refractivity contribution in [1.82, 2.24) is 10.2 Å². The van der Waals surface area contributed by atoms with Crippen molar-refractivity contribution in [1.29, 1.82) is 0 Å². The average molecular weight is 185 g/mol. The van der Waals surface area contributed by atoms with E-state index in [4.69, 9.17) is 5.73 Å². The summed E-state index contributed by atoms with van der Waals surface area (Å²) in [4.78, 5) is 23.3. The first-order chi connectivity index (χ1) is 6.20. The van der Waals surface area contributed by atoms with Gasteiger partial charge in [-0.05, 0) is 12.8 Å². The highest BCUT2D eigenvalue weighted by molar-refractivity contribution is 5.92. The fourth-order valence-corrected chi connectivity index (χ4v) is 1.46. The Balaban J connectivity index is 2.39. The van der Waals surface area contributed by atoms with Gasteiger partial charge in [-0.15, -0.1) is 0 Å². The number of nitrogens with zero attached hydrogens (tertiary/aromatic N) is 1. The lowest BCUT2D eigenvalue weighted by Crippen LogP contribution is -2.45. The summed E-state index contributed by atoms with van der Waals surface area (Å²) in [6, 6.07) is -1.15. The predicted molar refractivity (Wildman–Crippen MR) is 48.2 cm³/mol. The number of nitrogens with one attached hydrogen (secondary N) is 1. The van der Waals surface area contributed by atoms with E-state index < -0.39 is 6.03 Å². The van der Waals surface area contributed by atoms with E-state index in [9.17, 15) is 9.59 Å². The monoisotopic (exact) mass is 185 g/mol. The second kappa shape index (κ2) is 4.69. The van der Waals surface area contributed by atoms with E-state index in [1.165, 1.54) is 0 Å². The van der Waals surface area contributed by atoms with Crippen molar-refractivity contribution in [3.05, 3.63) is 0 Å². The molecule has 13 heavy (non-hydrogen) atoms. The van der Waals surface area contributed by atoms with Crippen LogP contribution in [0.1, 0.15) is 25.7 Å². The zero-order chi connectivity index (χ0) is 9.68. The van der Waals surface area contributed by atoms with Crippen LogP contribution in [0.3, 0.4) is 0 Å². The van der Waals surface area contributed by atoms with E-state index in [2.05, 4.69) is 5.32 Å². The van der Waals surface area contributed by atoms with Gasteiger partial charge in [-0.2, -0.15) is 0 Å². The van der Waals surface area contributed by atoms with Crippen LogP contribution in [0.25, 0.3) is 0 Å². The molecule has 0 bridgehead atoms. The summed E-state index contributed by atoms with van der Waals surface area (Å²) in [5.41, 5.74) is 4.84. The van der Waals surface area contributed by atoms with Crippen LogP contribution in [-0.4, -0.2) is 30.1 Å². The number of rotatable bonds is 0. The molecular formula is C8H15N3O2. The van der Waals surface area contributed by atoms with Crippen LogP contribution in [0.4, 0.5) is 9.59 Å². The molecule has 3 N–H and O–H groups in total. The van der Waals surface area contributed by atoms with Crippen LogP contribution in [0, 0.1) is 0 Å². The van der Waals surface area contributed by atoms with Gasteiger partial charge in [0.1, 0.15) is 0 Å². The van der Waals surface area contributed by atoms with E-state index in [-0.39, 0.29) is 6.03 Å². The molecule has 0 aromatic carbocycles. The number of primary amides is 1. The standard InChI is InChI=1S/C8H15N3O2/c9-7(12)10-8(13)11-5-3-1-2-4-6-11/h1-6H2,(H3,9,10,12,13). The van der Waals surface area contributed by atoms with E-state index in [1.54, 1.807) is 4.90 Å². The SMILES string of the molecule is NC(=O)NC(=O)N1CCCCCC1. The predicted octanol–water partition coefficient (Wildman–Crippen LogP) is 0.651. The molecule has 0 atom stereocenters. The molecular weight excluding hydrogens is 170 g/mol. The minimum Gasteiger partial charge on any atom is -0.351 e. The molecule has 1 aliphatic heterocycles. The maximum Gasteiger partial charge on any atom is 0.325 e. The number of urea groups is 2. The summed E-state index contributed by atoms with van der Waals surface area (Å²) in [6.45, 7) is 1.44. The molecule has 1 fully saturated rings. The highest BCUT2D eigenvalue weighted by Gasteiger charge is 2.15. The maximum atomic E-state index is 11.3. The second-order valence-electron chi connectivity index (χ2n) is 3.20. The minimum absolute atomic E-state index is 0.366. The minimum atomic E-state index is -0.783. The number of likely N-dealkylation sites (tertiary alicyclic amines) is 1. The Hall–Kier alpha value is -1.26. The van der Waals surface area contributed by atoms with E-state index >= 15 is 0 Å². The van der Waals surface area contributed by atoms with Crippen LogP contribution >= 0.6 is 0 Å². The molecule has 0 spiro atoms. The lowest BCUT2D eigenvalue weighted by atomic mass is 10.2. The molecule has 5 heteroatoms. The summed E-state index contributed by atoms with van der Waals surface area (Å²) < 4.78 is 0. The summed E-state index contributed by atoms with van der Waals surface area (Å²) in [6.07, 6.45) is 4.32. The molecule has 74 valence electrons. The molecule has 1 aliphatic rings. The number of nitrogens with two attached hydrogens (primary N) is 1. The molecule has 4 amide bonds. The first kappa shape index (κ1) is 9.83. The number of imide groups is 1. The van der Waals surface area contributed by atoms with Crippen molar-refractivity contribution in [2.75, 3.05) is 13.1 Å². The van der Waals surface area contributed by atoms with Crippen molar-refractivity contribution in [3.63, 3.8) is 0 Å². The zero-order valence-electron chi connectivity index (χ0n) is 7.58. The van der Waals surface area contributed by atoms with E-state index in [0.717, 1.165) is 38.8 Å². The molecule has 1 rings (SSSR count). The molecule has 0 saturated carbocycles. The second-order valence-corrected chi connectivity index (χ2v) is 3.20. The molecule has 0 radical (unpaired) electrons. The Kier molecular flexibility index (Phi) is 3.54. The first-order valence-corrected chi connectivity index (χ1v) is 4.55. The Bertz CT molecular complexity index is 198. The van der Waals surface area contributed by atoms with Gasteiger partial charge in [0.15, 0.2) is 0 Å². The fraction of sp³-hybridized carbons (Fsp3) is 0.750. The third-order valence-corrected chi connectivity index (χ3v) is 2.12. The summed E-state index contributed by atoms with van der Waals surface area (Å²) in [5, 5.41) is 2.07. The zero-order valence-corrected chi connectivity index (χ0v) is 7.58. The van der Waals surface area contributed by atoms with Crippen LogP contribution in [-0.2, 0) is 0 Å². The Labute approximate surface area is 77.3 Å². The van der Waals surface area contributed by atoms with E-state index in [0.29, 0.717) is 0 Å². The molecule has 5 nitrogen and oxygen atoms in total. The van der Waals surface area contributed by atoms with Gasteiger partial charge >= 0.3 is 12.1 Å². The van der Waals surface area contributed by atoms with Gasteiger partial charge in [0.25, 0.3) is 0 Å². The van der Waals surface area contributed by atoms with Crippen LogP contribution in [0.15, 0.2) is 0 Å². The maximum absolute atomic E-state index is 11.3. The number of hydrogen-bond acceptors (Lipinski definition) is 2. The van der Waals surface area contributed by atoms with Crippen molar-refractivity contribution < 1.29 is 9.59 Å². The highest BCUT2D eigenvalue weighted by Crippen LogP contribution is 2.09. The van der Waals surface area contributed by atoms with Gasteiger partial charge in [-0.25, -0.2) is 9.59 Å². The summed E-state index contributed by atoms with van der Waals surface area (Å²) in [5.74, 6) is 0. The van der Waals surface area contributed by atoms with E-state index in [1.807, 2.05) is 0 Å². The van der Waals surface area contributed by atoms with Crippen molar-refractivity contribution in [3.8, 4) is 0 Å². The van der Waals surface area contributed by atoms with Crippen molar-refractivity contribution >= 4 is 12.1 Å². The fourth-order valence-electron chi connectivity index (χ4n) is 1.46. The van der Waals surface area contributed by atoms with Gasteiger partial charge in [0.05, 0.1) is 0 Å². The van der Waals surface area contributed by atoms with Crippen molar-refractivity contribution in [2.24, 2.45) is 5.73 Å². The highest BCUT2D eigenvalue weighted by atomic mass is 16.2. The van der Waals surface area contributed by atoms with Gasteiger partial charge < -0.3 is 10.6 Å². The quantitative estimate of drug-likeness (QED) is 0.581. The molecule has 0 aromatic rings. The molecule has 1 saturated heterocycles. The largest absolute Gasteiger partial charge is 0.351 e. The van der Waals surface area contributed by atoms with Gasteiger partial charge in [-0.1, -0.05) is 12.8 Å². The Morgan fingerprint density at radius 3 is 2.08 bits per heavy atom.